The van der Waals surface area contributed by atoms with Gasteiger partial charge in [-0.05, 0) is 93.0 Å². The van der Waals surface area contributed by atoms with Crippen LogP contribution in [0.3, 0.4) is 0 Å². The molecule has 0 amide bonds. The predicted molar refractivity (Wildman–Crippen MR) is 311 cm³/mol. The van der Waals surface area contributed by atoms with Gasteiger partial charge in [-0.1, -0.05) is 166 Å². The summed E-state index contributed by atoms with van der Waals surface area (Å²) in [6.45, 7) is 32.9. The molecule has 0 spiro atoms. The van der Waals surface area contributed by atoms with Crippen LogP contribution in [0, 0.1) is 20.8 Å². The van der Waals surface area contributed by atoms with Crippen LogP contribution in [-0.4, -0.2) is 129 Å². The Balaban J connectivity index is 0.000000963. The van der Waals surface area contributed by atoms with Gasteiger partial charge in [-0.3, -0.25) is 14.7 Å². The van der Waals surface area contributed by atoms with E-state index in [1.807, 2.05) is 0 Å². The first-order valence-electron chi connectivity index (χ1n) is 27.5. The molecular weight excluding hydrogens is 1290 g/mol. The van der Waals surface area contributed by atoms with Gasteiger partial charge in [0, 0.05) is 98.2 Å². The molecule has 3 aromatic heterocycles. The quantitative estimate of drug-likeness (QED) is 0.193. The van der Waals surface area contributed by atoms with Gasteiger partial charge in [-0.15, -0.1) is 0 Å². The van der Waals surface area contributed by atoms with Crippen molar-refractivity contribution >= 4 is 0 Å². The van der Waals surface area contributed by atoms with Crippen molar-refractivity contribution in [2.45, 2.75) is 99.7 Å². The van der Waals surface area contributed by atoms with E-state index in [0.717, 1.165) is 78.5 Å². The number of aryl methyl sites for hydroxylation is 3. The largest absolute Gasteiger partial charge is 2.00 e. The van der Waals surface area contributed by atoms with Gasteiger partial charge in [0.2, 0.25) is 0 Å². The van der Waals surface area contributed by atoms with Gasteiger partial charge in [0.25, 0.3) is 0 Å². The normalized spacial score (nSPS) is 14.8. The van der Waals surface area contributed by atoms with Crippen molar-refractivity contribution in [1.82, 2.24) is 44.4 Å². The van der Waals surface area contributed by atoms with Gasteiger partial charge >= 0.3 is 77.3 Å². The molecule has 82 heavy (non-hydrogen) atoms. The number of benzene rings is 3. The summed E-state index contributed by atoms with van der Waals surface area (Å²) in [5.74, 6) is 0.589. The standard InChI is InChI=1S/3C11H17N3O2.3C10H14.Li.3Ru/c3*1-13-4-6-14(7-5-13)8-9-2-3-12-11(16)10(9)15;3*1-8(2)10-6-4-9(3)5-7-10;;;;/h3*2-3H,4-8H2,1H3,(H2,12,15,16);3*4-8H,1-3H3;;;;/q;;;;;;+1;3*+2/p-6. The first kappa shape index (κ1) is 78.1. The summed E-state index contributed by atoms with van der Waals surface area (Å²) in [7, 11) is 6.25. The first-order chi connectivity index (χ1) is 37.1. The maximum absolute atomic E-state index is 11.5. The van der Waals surface area contributed by atoms with E-state index in [9.17, 15) is 29.7 Å². The molecule has 3 fully saturated rings. The molecule has 6 heterocycles. The van der Waals surface area contributed by atoms with Crippen molar-refractivity contribution in [3.05, 3.63) is 191 Å². The van der Waals surface area contributed by atoms with E-state index < -0.39 is 33.9 Å². The summed E-state index contributed by atoms with van der Waals surface area (Å²) < 4.78 is 0. The number of hydrogen-bond acceptors (Lipinski definition) is 12. The summed E-state index contributed by atoms with van der Waals surface area (Å²) in [5.41, 5.74) is 8.02. The summed E-state index contributed by atoms with van der Waals surface area (Å²) in [6.07, 6.45) is 4.24. The fraction of sp³-hybridized carbons (Fsp3) is 0.476. The molecule has 15 nitrogen and oxygen atoms in total. The van der Waals surface area contributed by atoms with Crippen molar-refractivity contribution < 1.29 is 92.6 Å². The van der Waals surface area contributed by atoms with Gasteiger partial charge in [0.15, 0.2) is 0 Å². The molecule has 0 unspecified atom stereocenters. The predicted octanol–water partition coefficient (Wildman–Crippen LogP) is 2.83. The van der Waals surface area contributed by atoms with Gasteiger partial charge in [0.05, 0.1) is 16.7 Å². The maximum atomic E-state index is 11.5. The van der Waals surface area contributed by atoms with Crippen LogP contribution in [0.25, 0.3) is 0 Å². The van der Waals surface area contributed by atoms with Gasteiger partial charge in [0.1, 0.15) is 0 Å². The summed E-state index contributed by atoms with van der Waals surface area (Å²) in [5, 5.41) is 34.5. The third-order valence-corrected chi connectivity index (χ3v) is 14.1. The molecule has 3 aromatic carbocycles. The van der Waals surface area contributed by atoms with E-state index in [4.69, 9.17) is 0 Å². The van der Waals surface area contributed by atoms with Crippen molar-refractivity contribution in [3.8, 4) is 17.2 Å². The minimum Gasteiger partial charge on any atom is -0.871 e. The van der Waals surface area contributed by atoms with Gasteiger partial charge in [-0.25, -0.2) is 0 Å². The second-order valence-electron chi connectivity index (χ2n) is 21.7. The Bertz CT molecular complexity index is 2520. The number of nitrogens with zero attached hydrogens (tertiary/aromatic N) is 9. The molecule has 3 aliphatic rings. The molecule has 9 rings (SSSR count). The van der Waals surface area contributed by atoms with Crippen LogP contribution in [0.15, 0.2) is 124 Å². The zero-order valence-corrected chi connectivity index (χ0v) is 56.0. The zero-order valence-electron chi connectivity index (χ0n) is 50.8. The number of hydrogen-bond donors (Lipinski definition) is 0. The molecule has 3 saturated heterocycles. The summed E-state index contributed by atoms with van der Waals surface area (Å²) in [6, 6.07) is 31.1. The Kier molecular flexibility index (Phi) is 39.3. The molecule has 19 heteroatoms. The molecular formula is C63H87LiN9O6Ru3+. The van der Waals surface area contributed by atoms with Crippen molar-refractivity contribution in [1.29, 1.82) is 0 Å². The number of piperazine rings is 3. The van der Waals surface area contributed by atoms with Crippen LogP contribution >= 0.6 is 0 Å². The van der Waals surface area contributed by atoms with Crippen LogP contribution in [0.5, 0.6) is 17.2 Å². The Labute approximate surface area is 540 Å². The molecule has 444 valence electrons. The Morgan fingerprint density at radius 1 is 0.366 bits per heavy atom. The van der Waals surface area contributed by atoms with Crippen LogP contribution in [0.1, 0.15) is 109 Å². The van der Waals surface area contributed by atoms with Gasteiger partial charge in [-0.2, -0.15) is 18.6 Å². The molecule has 0 aliphatic carbocycles. The molecule has 0 radical (unpaired) electrons. The molecule has 0 atom stereocenters. The van der Waals surface area contributed by atoms with Crippen molar-refractivity contribution in [2.24, 2.45) is 0 Å². The van der Waals surface area contributed by atoms with E-state index in [1.165, 1.54) is 52.0 Å². The van der Waals surface area contributed by atoms with Crippen LogP contribution in [0.2, 0.25) is 0 Å². The summed E-state index contributed by atoms with van der Waals surface area (Å²) in [4.78, 5) is 56.9. The van der Waals surface area contributed by atoms with E-state index in [2.05, 4.69) is 201 Å². The number of rotatable bonds is 9. The SMILES string of the molecule is CN1CCN(Cc2cc[n-]c(=O)c2[O-])CC1.CN1CCN(Cc2cc[n-]c(=O)c2[O-])CC1.CN1CCN(Cc2cc[n-]c(=O)c2[O-])CC1.Cc1ccc(C(C)C)cc1.Cc1ccc(C(C)C)cc1.Cc1ccc(C(C)C)cc1.[Li+].[Ru+2].[Ru+2].[Ru+2]. The Morgan fingerprint density at radius 3 is 0.744 bits per heavy atom. The van der Waals surface area contributed by atoms with E-state index in [-0.39, 0.29) is 77.3 Å². The minimum absolute atomic E-state index is 0. The molecule has 6 aromatic rings. The first-order valence-corrected chi connectivity index (χ1v) is 27.5. The summed E-state index contributed by atoms with van der Waals surface area (Å²) >= 11 is 0. The van der Waals surface area contributed by atoms with Gasteiger partial charge < -0.3 is 59.4 Å². The number of likely N-dealkylation sites (N-methyl/N-ethyl adjacent to an activating group) is 3. The van der Waals surface area contributed by atoms with E-state index in [0.29, 0.717) is 54.1 Å². The number of aromatic nitrogens is 3. The van der Waals surface area contributed by atoms with Crippen molar-refractivity contribution in [3.63, 3.8) is 0 Å². The molecule has 3 aliphatic heterocycles. The third kappa shape index (κ3) is 28.8. The minimum atomic E-state index is -0.647. The average molecular weight is 1380 g/mol. The fourth-order valence-corrected chi connectivity index (χ4v) is 8.37. The smallest absolute Gasteiger partial charge is 0.871 e. The van der Waals surface area contributed by atoms with Crippen LogP contribution in [-0.2, 0) is 78.1 Å². The number of pyridine rings is 3. The Morgan fingerprint density at radius 2 is 0.561 bits per heavy atom. The monoisotopic (exact) mass is 1380 g/mol. The third-order valence-electron chi connectivity index (χ3n) is 14.1. The zero-order chi connectivity index (χ0) is 57.3. The van der Waals surface area contributed by atoms with E-state index >= 15 is 0 Å². The Hall–Kier alpha value is -3.86. The second-order valence-corrected chi connectivity index (χ2v) is 21.7. The average Bonchev–Trinajstić information content (AvgIpc) is 3.42. The molecule has 0 saturated carbocycles. The second kappa shape index (κ2) is 41.2. The van der Waals surface area contributed by atoms with Crippen LogP contribution < -0.4 is 65.8 Å². The van der Waals surface area contributed by atoms with Crippen molar-refractivity contribution in [2.75, 3.05) is 99.7 Å². The topological polar surface area (TPSA) is 182 Å². The van der Waals surface area contributed by atoms with Crippen LogP contribution in [0.4, 0.5) is 0 Å². The maximum Gasteiger partial charge on any atom is 2.00 e. The molecule has 0 N–H and O–H groups in total. The van der Waals surface area contributed by atoms with E-state index in [1.54, 1.807) is 18.2 Å². The molecule has 0 bridgehead atoms. The fourth-order valence-electron chi connectivity index (χ4n) is 8.37.